The smallest absolute Gasteiger partial charge is 0.223 e. The van der Waals surface area contributed by atoms with Crippen molar-refractivity contribution in [2.45, 2.75) is 57.2 Å². The number of carbonyl (C=O) groups excluding carboxylic acids is 1. The fourth-order valence-corrected chi connectivity index (χ4v) is 2.60. The molecule has 0 aromatic carbocycles. The largest absolute Gasteiger partial charge is 0.376 e. The molecule has 1 saturated heterocycles. The van der Waals surface area contributed by atoms with Gasteiger partial charge in [-0.25, -0.2) is 0 Å². The molecule has 2 fully saturated rings. The first-order valence-corrected chi connectivity index (χ1v) is 6.34. The molecular weight excluding hydrogens is 204 g/mol. The van der Waals surface area contributed by atoms with Crippen LogP contribution in [0.2, 0.25) is 0 Å². The predicted molar refractivity (Wildman–Crippen MR) is 61.9 cm³/mol. The van der Waals surface area contributed by atoms with Crippen LogP contribution in [0, 0.1) is 5.92 Å². The summed E-state index contributed by atoms with van der Waals surface area (Å²) in [6.07, 6.45) is 4.95. The maximum atomic E-state index is 12.0. The molecule has 0 aromatic rings. The van der Waals surface area contributed by atoms with Gasteiger partial charge >= 0.3 is 0 Å². The van der Waals surface area contributed by atoms with Gasteiger partial charge in [-0.05, 0) is 39.0 Å². The van der Waals surface area contributed by atoms with E-state index in [1.807, 2.05) is 6.92 Å². The zero-order chi connectivity index (χ0) is 11.5. The van der Waals surface area contributed by atoms with Crippen molar-refractivity contribution in [1.29, 1.82) is 0 Å². The fraction of sp³-hybridized carbons (Fsp3) is 0.917. The molecule has 1 amide bonds. The quantitative estimate of drug-likeness (QED) is 0.732. The summed E-state index contributed by atoms with van der Waals surface area (Å²) in [5.41, 5.74) is 5.83. The summed E-state index contributed by atoms with van der Waals surface area (Å²) in [4.78, 5) is 12.0. The van der Waals surface area contributed by atoms with Gasteiger partial charge < -0.3 is 15.8 Å². The number of ether oxygens (including phenoxy) is 1. The van der Waals surface area contributed by atoms with Crippen molar-refractivity contribution in [3.63, 3.8) is 0 Å². The van der Waals surface area contributed by atoms with E-state index >= 15 is 0 Å². The molecule has 3 N–H and O–H groups in total. The van der Waals surface area contributed by atoms with E-state index in [2.05, 4.69) is 5.32 Å². The van der Waals surface area contributed by atoms with Crippen molar-refractivity contribution in [2.75, 3.05) is 6.61 Å². The lowest BCUT2D eigenvalue weighted by atomic mass is 9.85. The average Bonchev–Trinajstić information content (AvgIpc) is 2.65. The van der Waals surface area contributed by atoms with E-state index in [0.717, 1.165) is 38.7 Å². The molecule has 2 rings (SSSR count). The highest BCUT2D eigenvalue weighted by Gasteiger charge is 2.30. The first-order chi connectivity index (χ1) is 7.66. The van der Waals surface area contributed by atoms with Crippen molar-refractivity contribution in [3.05, 3.63) is 0 Å². The van der Waals surface area contributed by atoms with Crippen molar-refractivity contribution < 1.29 is 9.53 Å². The second-order valence-corrected chi connectivity index (χ2v) is 5.09. The highest BCUT2D eigenvalue weighted by molar-refractivity contribution is 5.79. The number of carbonyl (C=O) groups is 1. The highest BCUT2D eigenvalue weighted by Crippen LogP contribution is 2.24. The molecular formula is C12H22N2O2. The van der Waals surface area contributed by atoms with Crippen LogP contribution >= 0.6 is 0 Å². The van der Waals surface area contributed by atoms with E-state index in [-0.39, 0.29) is 24.0 Å². The van der Waals surface area contributed by atoms with Crippen LogP contribution in [0.15, 0.2) is 0 Å². The van der Waals surface area contributed by atoms with Gasteiger partial charge in [0.25, 0.3) is 0 Å². The molecule has 2 atom stereocenters. The minimum absolute atomic E-state index is 0.162. The van der Waals surface area contributed by atoms with Crippen LogP contribution in [0.5, 0.6) is 0 Å². The normalized spacial score (nSPS) is 39.6. The lowest BCUT2D eigenvalue weighted by Crippen LogP contribution is -2.44. The Morgan fingerprint density at radius 2 is 1.94 bits per heavy atom. The van der Waals surface area contributed by atoms with Gasteiger partial charge in [0.15, 0.2) is 0 Å². The van der Waals surface area contributed by atoms with Crippen molar-refractivity contribution >= 4 is 5.91 Å². The molecule has 1 aliphatic carbocycles. The number of nitrogens with two attached hydrogens (primary N) is 1. The van der Waals surface area contributed by atoms with Crippen LogP contribution in [-0.4, -0.2) is 30.7 Å². The van der Waals surface area contributed by atoms with Crippen LogP contribution in [0.25, 0.3) is 0 Å². The third-order valence-corrected chi connectivity index (χ3v) is 3.85. The fourth-order valence-electron chi connectivity index (χ4n) is 2.60. The molecule has 0 aromatic heterocycles. The molecule has 2 aliphatic rings. The SMILES string of the molecule is CC1OCCC1NC(=O)C1CCC(N)CC1. The maximum absolute atomic E-state index is 12.0. The second-order valence-electron chi connectivity index (χ2n) is 5.09. The Morgan fingerprint density at radius 1 is 1.25 bits per heavy atom. The number of amides is 1. The number of nitrogens with one attached hydrogen (secondary N) is 1. The van der Waals surface area contributed by atoms with Gasteiger partial charge in [-0.2, -0.15) is 0 Å². The second kappa shape index (κ2) is 5.15. The van der Waals surface area contributed by atoms with E-state index in [1.54, 1.807) is 0 Å². The number of hydrogen-bond donors (Lipinski definition) is 2. The van der Waals surface area contributed by atoms with Crippen molar-refractivity contribution in [1.82, 2.24) is 5.32 Å². The summed E-state index contributed by atoms with van der Waals surface area (Å²) >= 11 is 0. The molecule has 1 heterocycles. The van der Waals surface area contributed by atoms with Gasteiger partial charge in [-0.15, -0.1) is 0 Å². The first kappa shape index (κ1) is 11.9. The Balaban J connectivity index is 1.79. The number of hydrogen-bond acceptors (Lipinski definition) is 3. The molecule has 1 aliphatic heterocycles. The third kappa shape index (κ3) is 2.74. The lowest BCUT2D eigenvalue weighted by Gasteiger charge is -2.27. The molecule has 2 unspecified atom stereocenters. The Morgan fingerprint density at radius 3 is 2.50 bits per heavy atom. The predicted octanol–water partition coefficient (Wildman–Crippen LogP) is 0.797. The Labute approximate surface area is 96.9 Å². The molecule has 16 heavy (non-hydrogen) atoms. The average molecular weight is 226 g/mol. The van der Waals surface area contributed by atoms with E-state index < -0.39 is 0 Å². The Kier molecular flexibility index (Phi) is 3.82. The molecule has 0 bridgehead atoms. The molecule has 92 valence electrons. The zero-order valence-corrected chi connectivity index (χ0v) is 9.95. The lowest BCUT2D eigenvalue weighted by molar-refractivity contribution is -0.127. The molecule has 1 saturated carbocycles. The van der Waals surface area contributed by atoms with E-state index in [4.69, 9.17) is 10.5 Å². The van der Waals surface area contributed by atoms with Gasteiger partial charge in [-0.3, -0.25) is 4.79 Å². The maximum Gasteiger partial charge on any atom is 0.223 e. The van der Waals surface area contributed by atoms with Crippen molar-refractivity contribution in [2.24, 2.45) is 11.7 Å². The summed E-state index contributed by atoms with van der Waals surface area (Å²) in [5, 5.41) is 3.11. The molecule has 0 radical (unpaired) electrons. The first-order valence-electron chi connectivity index (χ1n) is 6.34. The highest BCUT2D eigenvalue weighted by atomic mass is 16.5. The van der Waals surface area contributed by atoms with E-state index in [1.165, 1.54) is 0 Å². The van der Waals surface area contributed by atoms with Crippen LogP contribution < -0.4 is 11.1 Å². The summed E-state index contributed by atoms with van der Waals surface area (Å²) in [6, 6.07) is 0.515. The monoisotopic (exact) mass is 226 g/mol. The summed E-state index contributed by atoms with van der Waals surface area (Å²) in [7, 11) is 0. The topological polar surface area (TPSA) is 64.3 Å². The number of rotatable bonds is 2. The van der Waals surface area contributed by atoms with Crippen LogP contribution in [-0.2, 0) is 9.53 Å². The van der Waals surface area contributed by atoms with Gasteiger partial charge in [0.05, 0.1) is 12.1 Å². The van der Waals surface area contributed by atoms with Crippen molar-refractivity contribution in [3.8, 4) is 0 Å². The molecule has 0 spiro atoms. The minimum Gasteiger partial charge on any atom is -0.376 e. The summed E-state index contributed by atoms with van der Waals surface area (Å²) in [5.74, 6) is 0.377. The van der Waals surface area contributed by atoms with E-state index in [0.29, 0.717) is 6.04 Å². The molecule has 4 heteroatoms. The van der Waals surface area contributed by atoms with Crippen LogP contribution in [0.3, 0.4) is 0 Å². The van der Waals surface area contributed by atoms with Crippen LogP contribution in [0.4, 0.5) is 0 Å². The summed E-state index contributed by atoms with van der Waals surface area (Å²) < 4.78 is 5.44. The van der Waals surface area contributed by atoms with Gasteiger partial charge in [0, 0.05) is 18.6 Å². The zero-order valence-electron chi connectivity index (χ0n) is 9.95. The molecule has 4 nitrogen and oxygen atoms in total. The van der Waals surface area contributed by atoms with E-state index in [9.17, 15) is 4.79 Å². The van der Waals surface area contributed by atoms with Gasteiger partial charge in [0.2, 0.25) is 5.91 Å². The standard InChI is InChI=1S/C12H22N2O2/c1-8-11(6-7-16-8)14-12(15)9-2-4-10(13)5-3-9/h8-11H,2-7,13H2,1H3,(H,14,15). The Bertz CT molecular complexity index is 249. The van der Waals surface area contributed by atoms with Gasteiger partial charge in [-0.1, -0.05) is 0 Å². The minimum atomic E-state index is 0.162. The Hall–Kier alpha value is -0.610. The third-order valence-electron chi connectivity index (χ3n) is 3.85. The van der Waals surface area contributed by atoms with Crippen LogP contribution in [0.1, 0.15) is 39.0 Å². The van der Waals surface area contributed by atoms with Gasteiger partial charge in [0.1, 0.15) is 0 Å². The summed E-state index contributed by atoms with van der Waals surface area (Å²) in [6.45, 7) is 2.79.